The first-order valence-corrected chi connectivity index (χ1v) is 15.0. The van der Waals surface area contributed by atoms with Crippen LogP contribution in [0.3, 0.4) is 0 Å². The summed E-state index contributed by atoms with van der Waals surface area (Å²) in [7, 11) is 0. The molecule has 0 amide bonds. The van der Waals surface area contributed by atoms with Crippen LogP contribution < -0.4 is 0 Å². The summed E-state index contributed by atoms with van der Waals surface area (Å²) >= 11 is 0. The van der Waals surface area contributed by atoms with Gasteiger partial charge in [0.25, 0.3) is 0 Å². The largest absolute Gasteiger partial charge is 0.237 e. The molecular weight excluding hydrogens is 520 g/mol. The summed E-state index contributed by atoms with van der Waals surface area (Å²) in [5, 5.41) is 7.57. The number of aromatic nitrogens is 1. The average molecular weight is 551 g/mol. The Morgan fingerprint density at radius 1 is 0.581 bits per heavy atom. The Hall–Kier alpha value is -5.34. The molecule has 2 heteroatoms. The van der Waals surface area contributed by atoms with Gasteiger partial charge >= 0.3 is 0 Å². The quantitative estimate of drug-likeness (QED) is 0.200. The standard InChI is InChI=1S/C41H30N2/c1-27-12-5-6-16-31(27)37(24-30-22-21-29-15-11-23-42-41(29)43-30)39-26-40-33-18-8-7-17-32(33)36(28-13-3-2-4-14-28)25-38(40)34-19-9-10-20-35(34)39/h2-20,23-26H,21-22H2,1H3/b37-24+. The maximum absolute atomic E-state index is 5.03. The highest BCUT2D eigenvalue weighted by Crippen LogP contribution is 2.42. The summed E-state index contributed by atoms with van der Waals surface area (Å²) in [5.41, 5.74) is 9.68. The van der Waals surface area contributed by atoms with E-state index in [-0.39, 0.29) is 0 Å². The first-order chi connectivity index (χ1) is 21.2. The molecule has 0 radical (unpaired) electrons. The van der Waals surface area contributed by atoms with Crippen molar-refractivity contribution in [2.45, 2.75) is 19.8 Å². The fourth-order valence-electron chi connectivity index (χ4n) is 6.66. The fraction of sp³-hybridized carbons (Fsp3) is 0.0732. The van der Waals surface area contributed by atoms with Crippen molar-refractivity contribution in [3.8, 4) is 11.1 Å². The predicted molar refractivity (Wildman–Crippen MR) is 182 cm³/mol. The molecule has 0 saturated carbocycles. The predicted octanol–water partition coefficient (Wildman–Crippen LogP) is 10.7. The minimum absolute atomic E-state index is 0.840. The average Bonchev–Trinajstić information content (AvgIpc) is 3.07. The van der Waals surface area contributed by atoms with Gasteiger partial charge in [-0.3, -0.25) is 0 Å². The first-order valence-electron chi connectivity index (χ1n) is 15.0. The Balaban J connectivity index is 1.46. The molecule has 8 rings (SSSR count). The number of nitrogens with zero attached hydrogens (tertiary/aromatic N) is 2. The maximum Gasteiger partial charge on any atom is 0.155 e. The van der Waals surface area contributed by atoms with Crippen LogP contribution in [0.15, 0.2) is 145 Å². The summed E-state index contributed by atoms with van der Waals surface area (Å²) in [5.74, 6) is 0.840. The number of hydrogen-bond donors (Lipinski definition) is 0. The topological polar surface area (TPSA) is 25.2 Å². The zero-order valence-corrected chi connectivity index (χ0v) is 24.1. The Bertz CT molecular complexity index is 2240. The van der Waals surface area contributed by atoms with Crippen LogP contribution >= 0.6 is 0 Å². The number of allylic oxidation sites excluding steroid dienone is 1. The zero-order chi connectivity index (χ0) is 28.8. The first kappa shape index (κ1) is 25.4. The molecule has 0 N–H and O–H groups in total. The number of benzene rings is 6. The van der Waals surface area contributed by atoms with Gasteiger partial charge in [0.1, 0.15) is 0 Å². The summed E-state index contributed by atoms with van der Waals surface area (Å²) in [4.78, 5) is 9.61. The lowest BCUT2D eigenvalue weighted by Gasteiger charge is -2.19. The number of aliphatic imine (C=N–C) groups is 1. The number of hydrogen-bond acceptors (Lipinski definition) is 2. The van der Waals surface area contributed by atoms with Gasteiger partial charge in [-0.2, -0.15) is 0 Å². The van der Waals surface area contributed by atoms with Crippen LogP contribution in [0.5, 0.6) is 0 Å². The number of aryl methyl sites for hydroxylation is 2. The SMILES string of the molecule is Cc1ccccc1/C(=C\C1=Nc2ncccc2CC1)c1cc2c3ccccc3c(-c3ccccc3)cc2c2ccccc12. The molecule has 43 heavy (non-hydrogen) atoms. The Labute approximate surface area is 251 Å². The second-order valence-corrected chi connectivity index (χ2v) is 11.4. The van der Waals surface area contributed by atoms with E-state index in [2.05, 4.69) is 139 Å². The van der Waals surface area contributed by atoms with E-state index in [9.17, 15) is 0 Å². The fourth-order valence-corrected chi connectivity index (χ4v) is 6.66. The summed E-state index contributed by atoms with van der Waals surface area (Å²) in [6, 6.07) is 46.1. The summed E-state index contributed by atoms with van der Waals surface area (Å²) in [6.07, 6.45) is 5.99. The Morgan fingerprint density at radius 2 is 1.26 bits per heavy atom. The number of fused-ring (bicyclic) bond motifs is 6. The lowest BCUT2D eigenvalue weighted by molar-refractivity contribution is 0.987. The van der Waals surface area contributed by atoms with Gasteiger partial charge < -0.3 is 0 Å². The molecule has 0 unspecified atom stereocenters. The smallest absolute Gasteiger partial charge is 0.155 e. The molecular formula is C41H30N2. The van der Waals surface area contributed by atoms with E-state index in [0.717, 1.165) is 24.4 Å². The highest BCUT2D eigenvalue weighted by Gasteiger charge is 2.19. The molecule has 1 aliphatic rings. The molecule has 0 fully saturated rings. The molecule has 2 nitrogen and oxygen atoms in total. The molecule has 0 spiro atoms. The highest BCUT2D eigenvalue weighted by atomic mass is 14.9. The van der Waals surface area contributed by atoms with Crippen LogP contribution in [-0.2, 0) is 6.42 Å². The van der Waals surface area contributed by atoms with Gasteiger partial charge in [0.15, 0.2) is 5.82 Å². The molecule has 0 bridgehead atoms. The number of rotatable bonds is 4. The molecule has 6 aromatic carbocycles. The molecule has 0 saturated heterocycles. The van der Waals surface area contributed by atoms with E-state index < -0.39 is 0 Å². The zero-order valence-electron chi connectivity index (χ0n) is 24.1. The second-order valence-electron chi connectivity index (χ2n) is 11.4. The van der Waals surface area contributed by atoms with Crippen LogP contribution in [0.4, 0.5) is 5.82 Å². The second kappa shape index (κ2) is 10.5. The van der Waals surface area contributed by atoms with E-state index >= 15 is 0 Å². The van der Waals surface area contributed by atoms with Crippen LogP contribution in [0.2, 0.25) is 0 Å². The van der Waals surface area contributed by atoms with Gasteiger partial charge in [0, 0.05) is 11.9 Å². The third-order valence-corrected chi connectivity index (χ3v) is 8.77. The highest BCUT2D eigenvalue weighted by molar-refractivity contribution is 6.24. The van der Waals surface area contributed by atoms with Crippen LogP contribution in [0.1, 0.15) is 28.7 Å². The Morgan fingerprint density at radius 3 is 2.07 bits per heavy atom. The van der Waals surface area contributed by atoms with Crippen molar-refractivity contribution >= 4 is 49.4 Å². The van der Waals surface area contributed by atoms with Crippen molar-refractivity contribution < 1.29 is 0 Å². The third kappa shape index (κ3) is 4.43. The van der Waals surface area contributed by atoms with Crippen LogP contribution in [-0.4, -0.2) is 10.7 Å². The van der Waals surface area contributed by atoms with Crippen LogP contribution in [0.25, 0.3) is 49.0 Å². The van der Waals surface area contributed by atoms with Gasteiger partial charge in [0.05, 0.1) is 0 Å². The molecule has 7 aromatic rings. The van der Waals surface area contributed by atoms with Crippen molar-refractivity contribution in [2.24, 2.45) is 4.99 Å². The monoisotopic (exact) mass is 550 g/mol. The summed E-state index contributed by atoms with van der Waals surface area (Å²) < 4.78 is 0. The van der Waals surface area contributed by atoms with E-state index in [1.807, 2.05) is 12.3 Å². The van der Waals surface area contributed by atoms with Gasteiger partial charge in [-0.15, -0.1) is 0 Å². The van der Waals surface area contributed by atoms with Gasteiger partial charge in [-0.05, 0) is 115 Å². The van der Waals surface area contributed by atoms with E-state index in [1.54, 1.807) is 0 Å². The molecule has 1 aromatic heterocycles. The third-order valence-electron chi connectivity index (χ3n) is 8.77. The molecule has 0 atom stereocenters. The van der Waals surface area contributed by atoms with Gasteiger partial charge in [0.2, 0.25) is 0 Å². The molecule has 204 valence electrons. The molecule has 2 heterocycles. The molecule has 1 aliphatic heterocycles. The van der Waals surface area contributed by atoms with Crippen molar-refractivity contribution in [3.63, 3.8) is 0 Å². The van der Waals surface area contributed by atoms with Crippen molar-refractivity contribution in [3.05, 3.63) is 162 Å². The van der Waals surface area contributed by atoms with E-state index in [1.165, 1.54) is 71.3 Å². The Kier molecular flexibility index (Phi) is 6.19. The van der Waals surface area contributed by atoms with Crippen molar-refractivity contribution in [2.75, 3.05) is 0 Å². The molecule has 0 aliphatic carbocycles. The minimum atomic E-state index is 0.840. The lowest BCUT2D eigenvalue weighted by atomic mass is 9.85. The van der Waals surface area contributed by atoms with E-state index in [0.29, 0.717) is 0 Å². The van der Waals surface area contributed by atoms with Gasteiger partial charge in [-0.1, -0.05) is 109 Å². The van der Waals surface area contributed by atoms with Gasteiger partial charge in [-0.25, -0.2) is 9.98 Å². The van der Waals surface area contributed by atoms with E-state index in [4.69, 9.17) is 4.99 Å². The minimum Gasteiger partial charge on any atom is -0.237 e. The maximum atomic E-state index is 5.03. The lowest BCUT2D eigenvalue weighted by Crippen LogP contribution is -2.06. The van der Waals surface area contributed by atoms with Crippen molar-refractivity contribution in [1.82, 2.24) is 4.98 Å². The summed E-state index contributed by atoms with van der Waals surface area (Å²) in [6.45, 7) is 2.20. The van der Waals surface area contributed by atoms with Crippen molar-refractivity contribution in [1.29, 1.82) is 0 Å². The normalized spacial score (nSPS) is 13.3. The van der Waals surface area contributed by atoms with Crippen LogP contribution in [0, 0.1) is 6.92 Å². The number of pyridine rings is 1.